The van der Waals surface area contributed by atoms with Gasteiger partial charge in [0.2, 0.25) is 0 Å². The fourth-order valence-electron chi connectivity index (χ4n) is 3.50. The zero-order valence-electron chi connectivity index (χ0n) is 19.0. The van der Waals surface area contributed by atoms with Crippen LogP contribution in [-0.4, -0.2) is 28.5 Å². The number of halogens is 2. The van der Waals surface area contributed by atoms with Crippen molar-refractivity contribution in [2.75, 3.05) is 0 Å². The highest BCUT2D eigenvalue weighted by Crippen LogP contribution is 2.35. The molecule has 4 nitrogen and oxygen atoms in total. The van der Waals surface area contributed by atoms with Crippen molar-refractivity contribution in [2.45, 2.75) is 65.5 Å². The van der Waals surface area contributed by atoms with E-state index in [1.807, 2.05) is 20.8 Å². The minimum absolute atomic E-state index is 0.181. The maximum atomic E-state index is 13.5. The number of aliphatic hydroxyl groups is 2. The molecule has 2 aliphatic rings. The molecule has 0 radical (unpaired) electrons. The number of allylic oxidation sites excluding steroid dienone is 4. The van der Waals surface area contributed by atoms with Crippen LogP contribution in [0.15, 0.2) is 66.2 Å². The van der Waals surface area contributed by atoms with Crippen LogP contribution in [0.5, 0.6) is 0 Å². The van der Waals surface area contributed by atoms with E-state index in [1.165, 1.54) is 12.1 Å². The summed E-state index contributed by atoms with van der Waals surface area (Å²) in [4.78, 5) is 0. The summed E-state index contributed by atoms with van der Waals surface area (Å²) in [6.45, 7) is 15.9. The lowest BCUT2D eigenvalue weighted by Crippen LogP contribution is -2.27. The Hall–Kier alpha value is -2.28. The molecule has 1 aliphatic carbocycles. The molecule has 4 N–H and O–H groups in total. The van der Waals surface area contributed by atoms with Gasteiger partial charge in [0.25, 0.3) is 0 Å². The Morgan fingerprint density at radius 1 is 1.29 bits per heavy atom. The topological polar surface area (TPSA) is 75.7 Å². The molecule has 1 saturated heterocycles. The van der Waals surface area contributed by atoms with Crippen molar-refractivity contribution in [1.29, 1.82) is 0 Å². The van der Waals surface area contributed by atoms with Gasteiger partial charge in [-0.05, 0) is 57.4 Å². The second kappa shape index (κ2) is 11.9. The molecule has 0 bridgehead atoms. The molecule has 1 fully saturated rings. The van der Waals surface area contributed by atoms with Crippen LogP contribution < -0.4 is 5.73 Å². The maximum absolute atomic E-state index is 13.5. The Kier molecular flexibility index (Phi) is 10.3. The molecule has 5 atom stereocenters. The molecule has 172 valence electrons. The van der Waals surface area contributed by atoms with Crippen molar-refractivity contribution in [3.63, 3.8) is 0 Å². The molecule has 1 heterocycles. The van der Waals surface area contributed by atoms with Gasteiger partial charge in [0, 0.05) is 17.2 Å². The first kappa shape index (κ1) is 26.8. The van der Waals surface area contributed by atoms with Crippen molar-refractivity contribution in [1.82, 2.24) is 0 Å². The van der Waals surface area contributed by atoms with Gasteiger partial charge in [-0.2, -0.15) is 0 Å². The summed E-state index contributed by atoms with van der Waals surface area (Å²) >= 11 is 0. The van der Waals surface area contributed by atoms with Crippen LogP contribution in [0.3, 0.4) is 0 Å². The second-order valence-electron chi connectivity index (χ2n) is 7.95. The molecule has 1 aromatic rings. The van der Waals surface area contributed by atoms with Crippen molar-refractivity contribution < 1.29 is 23.7 Å². The number of ether oxygens (including phenoxy) is 1. The van der Waals surface area contributed by atoms with E-state index in [1.54, 1.807) is 32.1 Å². The minimum atomic E-state index is -0.922. The number of rotatable bonds is 3. The van der Waals surface area contributed by atoms with Gasteiger partial charge < -0.3 is 20.7 Å². The van der Waals surface area contributed by atoms with Crippen molar-refractivity contribution in [3.8, 4) is 0 Å². The summed E-state index contributed by atoms with van der Waals surface area (Å²) in [7, 11) is 0. The standard InChI is InChI=1S/C14H19FO3.C8H10FN.C3H6/c1-7-4-5-10(6-11(7)15)13(17)14-8(2)12(16)9(3)18-14;1-5-3-4-7(9)8(5)6(2)10;1-3-2/h4-6,8-9,12-14,16-17H,1-3H3;4H,2-3,10H2,1H3;3H,1H2,2H3. The van der Waals surface area contributed by atoms with Gasteiger partial charge in [0.15, 0.2) is 0 Å². The van der Waals surface area contributed by atoms with E-state index in [4.69, 9.17) is 10.5 Å². The summed E-state index contributed by atoms with van der Waals surface area (Å²) in [5.74, 6) is -0.754. The maximum Gasteiger partial charge on any atom is 0.128 e. The van der Waals surface area contributed by atoms with Gasteiger partial charge in [-0.3, -0.25) is 0 Å². The van der Waals surface area contributed by atoms with Gasteiger partial charge in [-0.15, -0.1) is 6.58 Å². The highest BCUT2D eigenvalue weighted by molar-refractivity contribution is 5.48. The summed E-state index contributed by atoms with van der Waals surface area (Å²) in [5.41, 5.74) is 8.16. The molecule has 1 aromatic carbocycles. The van der Waals surface area contributed by atoms with E-state index >= 15 is 0 Å². The predicted octanol–water partition coefficient (Wildman–Crippen LogP) is 5.18. The summed E-state index contributed by atoms with van der Waals surface area (Å²) in [5, 5.41) is 20.1. The number of aryl methyl sites for hydroxylation is 1. The Labute approximate surface area is 184 Å². The third-order valence-electron chi connectivity index (χ3n) is 5.33. The molecule has 5 unspecified atom stereocenters. The lowest BCUT2D eigenvalue weighted by molar-refractivity contribution is -0.0445. The molecule has 3 rings (SSSR count). The molecule has 31 heavy (non-hydrogen) atoms. The van der Waals surface area contributed by atoms with Gasteiger partial charge in [0.1, 0.15) is 17.7 Å². The van der Waals surface area contributed by atoms with E-state index in [0.717, 1.165) is 5.57 Å². The van der Waals surface area contributed by atoms with Crippen LogP contribution in [0.1, 0.15) is 51.3 Å². The molecule has 1 aliphatic heterocycles. The number of hydrogen-bond donors (Lipinski definition) is 3. The molecular weight excluding hydrogens is 400 g/mol. The largest absolute Gasteiger partial charge is 0.399 e. The van der Waals surface area contributed by atoms with E-state index in [9.17, 15) is 19.0 Å². The van der Waals surface area contributed by atoms with Gasteiger partial charge >= 0.3 is 0 Å². The van der Waals surface area contributed by atoms with Crippen LogP contribution in [-0.2, 0) is 4.74 Å². The average Bonchev–Trinajstić information content (AvgIpc) is 3.17. The Balaban J connectivity index is 0.000000311. The van der Waals surface area contributed by atoms with Crippen LogP contribution in [0.2, 0.25) is 0 Å². The lowest BCUT2D eigenvalue weighted by atomic mass is 9.92. The van der Waals surface area contributed by atoms with Crippen LogP contribution in [0.25, 0.3) is 0 Å². The Bertz CT molecular complexity index is 847. The molecule has 0 saturated carbocycles. The van der Waals surface area contributed by atoms with Gasteiger partial charge in [-0.25, -0.2) is 8.78 Å². The number of aliphatic hydroxyl groups excluding tert-OH is 2. The predicted molar refractivity (Wildman–Crippen MR) is 121 cm³/mol. The first-order valence-corrected chi connectivity index (χ1v) is 10.3. The Morgan fingerprint density at radius 3 is 2.23 bits per heavy atom. The molecule has 0 aromatic heterocycles. The zero-order valence-corrected chi connectivity index (χ0v) is 19.0. The smallest absolute Gasteiger partial charge is 0.128 e. The van der Waals surface area contributed by atoms with Crippen LogP contribution in [0.4, 0.5) is 8.78 Å². The highest BCUT2D eigenvalue weighted by atomic mass is 19.1. The zero-order chi connectivity index (χ0) is 23.9. The monoisotopic (exact) mass is 435 g/mol. The number of nitrogens with two attached hydrogens (primary N) is 1. The van der Waals surface area contributed by atoms with Gasteiger partial charge in [0.05, 0.1) is 18.3 Å². The van der Waals surface area contributed by atoms with E-state index in [-0.39, 0.29) is 23.7 Å². The minimum Gasteiger partial charge on any atom is -0.399 e. The average molecular weight is 436 g/mol. The van der Waals surface area contributed by atoms with E-state index < -0.39 is 18.3 Å². The SMILES string of the molecule is C=C(N)C1=C(C)CC=C1F.C=CC.Cc1ccc(C(O)C2OC(C)C(O)C2C)cc1F. The van der Waals surface area contributed by atoms with Crippen molar-refractivity contribution >= 4 is 0 Å². The third kappa shape index (κ3) is 6.86. The summed E-state index contributed by atoms with van der Waals surface area (Å²) in [6, 6.07) is 4.65. The molecule has 6 heteroatoms. The first-order valence-electron chi connectivity index (χ1n) is 10.3. The second-order valence-corrected chi connectivity index (χ2v) is 7.95. The van der Waals surface area contributed by atoms with Crippen LogP contribution in [0, 0.1) is 18.7 Å². The molecule has 0 amide bonds. The lowest BCUT2D eigenvalue weighted by Gasteiger charge is -2.22. The van der Waals surface area contributed by atoms with Crippen molar-refractivity contribution in [3.05, 3.63) is 83.1 Å². The van der Waals surface area contributed by atoms with Gasteiger partial charge in [-0.1, -0.05) is 37.3 Å². The third-order valence-corrected chi connectivity index (χ3v) is 5.33. The normalized spacial score (nSPS) is 25.6. The highest BCUT2D eigenvalue weighted by Gasteiger charge is 2.42. The van der Waals surface area contributed by atoms with E-state index in [2.05, 4.69) is 13.2 Å². The first-order chi connectivity index (χ1) is 14.5. The fourth-order valence-corrected chi connectivity index (χ4v) is 3.50. The quantitative estimate of drug-likeness (QED) is 0.572. The van der Waals surface area contributed by atoms with E-state index in [0.29, 0.717) is 28.8 Å². The molecular formula is C25H35F2NO3. The fraction of sp³-hybridized carbons (Fsp3) is 0.440. The summed E-state index contributed by atoms with van der Waals surface area (Å²) in [6.07, 6.45) is 1.60. The summed E-state index contributed by atoms with van der Waals surface area (Å²) < 4.78 is 31.8. The Morgan fingerprint density at radius 2 is 1.87 bits per heavy atom. The van der Waals surface area contributed by atoms with Crippen molar-refractivity contribution in [2.24, 2.45) is 11.7 Å². The van der Waals surface area contributed by atoms with Crippen LogP contribution >= 0.6 is 0 Å². The number of benzene rings is 1. The number of hydrogen-bond acceptors (Lipinski definition) is 4. The molecule has 0 spiro atoms.